The number of hydrogen-bond acceptors (Lipinski definition) is 0. The van der Waals surface area contributed by atoms with Crippen LogP contribution in [0, 0.1) is 19.8 Å². The number of benzene rings is 1. The smallest absolute Gasteiger partial charge is 0.220 e. The quantitative estimate of drug-likeness (QED) is 0.535. The van der Waals surface area contributed by atoms with E-state index in [0.29, 0.717) is 11.8 Å². The van der Waals surface area contributed by atoms with Gasteiger partial charge >= 0.3 is 0 Å². The summed E-state index contributed by atoms with van der Waals surface area (Å²) >= 11 is 0. The number of fused-ring (bicyclic) bond motifs is 1. The third-order valence-electron chi connectivity index (χ3n) is 7.43. The zero-order chi connectivity index (χ0) is 20.0. The Bertz CT molecular complexity index is 928. The van der Waals surface area contributed by atoms with Crippen LogP contribution in [0.1, 0.15) is 100 Å². The zero-order valence-electron chi connectivity index (χ0n) is 18.6. The number of rotatable bonds is 3. The van der Waals surface area contributed by atoms with Crippen molar-refractivity contribution in [3.63, 3.8) is 0 Å². The molecule has 0 saturated heterocycles. The van der Waals surface area contributed by atoms with Crippen LogP contribution < -0.4 is 4.57 Å². The van der Waals surface area contributed by atoms with Gasteiger partial charge in [0.25, 0.3) is 5.82 Å². The van der Waals surface area contributed by atoms with Gasteiger partial charge in [-0.2, -0.15) is 4.57 Å². The van der Waals surface area contributed by atoms with E-state index in [1.165, 1.54) is 92.7 Å². The summed E-state index contributed by atoms with van der Waals surface area (Å²) in [5.74, 6) is 2.40. The van der Waals surface area contributed by atoms with Gasteiger partial charge < -0.3 is 0 Å². The largest absolute Gasteiger partial charge is 0.265 e. The molecule has 2 aromatic rings. The Labute approximate surface area is 171 Å². The van der Waals surface area contributed by atoms with Gasteiger partial charge in [0, 0.05) is 12.8 Å². The molecule has 1 aliphatic heterocycles. The van der Waals surface area contributed by atoms with E-state index in [1.807, 2.05) is 0 Å². The summed E-state index contributed by atoms with van der Waals surface area (Å²) in [5.41, 5.74) is 5.20. The number of imidazole rings is 1. The first kappa shape index (κ1) is 17.1. The van der Waals surface area contributed by atoms with Crippen molar-refractivity contribution >= 4 is 6.08 Å². The Kier molecular flexibility index (Phi) is 4.59. The van der Waals surface area contributed by atoms with Crippen molar-refractivity contribution in [2.75, 3.05) is 0 Å². The standard InChI is InChI=1S/C26H35N2/c1-19-11-9-10-16-23(19)27-20(2)24-17-18-25(21-12-5-3-6-13-21)28(24)26(27)22-14-7-4-8-15-22/h9-11,16-18,21-22,25H,3-8,12-15H2,1-2H3/q+1/i25D. The second-order valence-electron chi connectivity index (χ2n) is 9.21. The van der Waals surface area contributed by atoms with Crippen molar-refractivity contribution < 1.29 is 5.94 Å². The summed E-state index contributed by atoms with van der Waals surface area (Å²) in [7, 11) is 0. The average Bonchev–Trinajstić information content (AvgIpc) is 3.26. The highest BCUT2D eigenvalue weighted by atomic mass is 15.2. The lowest BCUT2D eigenvalue weighted by molar-refractivity contribution is -0.724. The Hall–Kier alpha value is -1.83. The van der Waals surface area contributed by atoms with E-state index < -0.39 is 6.02 Å². The molecule has 0 bridgehead atoms. The lowest BCUT2D eigenvalue weighted by Gasteiger charge is -2.27. The highest BCUT2D eigenvalue weighted by Crippen LogP contribution is 2.40. The summed E-state index contributed by atoms with van der Waals surface area (Å²) in [6, 6.07) is 8.17. The van der Waals surface area contributed by atoms with Crippen LogP contribution in [0.3, 0.4) is 0 Å². The molecule has 28 heavy (non-hydrogen) atoms. The molecule has 0 N–H and O–H groups in total. The maximum atomic E-state index is 9.71. The molecule has 2 heteroatoms. The fourth-order valence-electron chi connectivity index (χ4n) is 5.94. The predicted octanol–water partition coefficient (Wildman–Crippen LogP) is 6.58. The van der Waals surface area contributed by atoms with E-state index >= 15 is 0 Å². The van der Waals surface area contributed by atoms with Crippen molar-refractivity contribution in [3.05, 3.63) is 53.1 Å². The number of allylic oxidation sites excluding steroid dienone is 1. The third-order valence-corrected chi connectivity index (χ3v) is 7.43. The molecule has 2 fully saturated rings. The first-order valence-electron chi connectivity index (χ1n) is 12.0. The van der Waals surface area contributed by atoms with Crippen LogP contribution in [0.5, 0.6) is 0 Å². The Morgan fingerprint density at radius 3 is 2.32 bits per heavy atom. The zero-order valence-corrected chi connectivity index (χ0v) is 17.6. The summed E-state index contributed by atoms with van der Waals surface area (Å²) in [6.07, 6.45) is 17.3. The van der Waals surface area contributed by atoms with E-state index in [1.54, 1.807) is 0 Å². The van der Waals surface area contributed by atoms with Gasteiger partial charge in [0.15, 0.2) is 11.4 Å². The SMILES string of the molecule is [2H]C1(C2CCCCC2)C=Cc2c(C)n(-c3ccccc3C)c(C3CCCCC3)[n+]21. The number of aryl methyl sites for hydroxylation is 1. The normalized spacial score (nSPS) is 26.4. The number of para-hydroxylation sites is 1. The molecule has 0 radical (unpaired) electrons. The molecule has 2 saturated carbocycles. The monoisotopic (exact) mass is 376 g/mol. The molecule has 2 aliphatic carbocycles. The van der Waals surface area contributed by atoms with Crippen LogP contribution >= 0.6 is 0 Å². The van der Waals surface area contributed by atoms with Crippen molar-refractivity contribution in [3.8, 4) is 5.69 Å². The van der Waals surface area contributed by atoms with E-state index in [0.717, 1.165) is 0 Å². The summed E-state index contributed by atoms with van der Waals surface area (Å²) < 4.78 is 14.7. The van der Waals surface area contributed by atoms with E-state index in [4.69, 9.17) is 0 Å². The molecule has 2 nitrogen and oxygen atoms in total. The highest BCUT2D eigenvalue weighted by molar-refractivity contribution is 5.52. The lowest BCUT2D eigenvalue weighted by atomic mass is 9.83. The first-order valence-corrected chi connectivity index (χ1v) is 11.5. The minimum absolute atomic E-state index is 0.438. The Morgan fingerprint density at radius 1 is 0.929 bits per heavy atom. The van der Waals surface area contributed by atoms with Gasteiger partial charge in [-0.05, 0) is 56.4 Å². The number of hydrogen-bond donors (Lipinski definition) is 0. The van der Waals surface area contributed by atoms with Crippen LogP contribution in [-0.4, -0.2) is 4.57 Å². The van der Waals surface area contributed by atoms with Gasteiger partial charge in [-0.15, -0.1) is 0 Å². The van der Waals surface area contributed by atoms with Crippen LogP contribution in [0.15, 0.2) is 30.3 Å². The van der Waals surface area contributed by atoms with Gasteiger partial charge in [0.1, 0.15) is 11.7 Å². The van der Waals surface area contributed by atoms with Crippen molar-refractivity contribution in [2.24, 2.45) is 5.92 Å². The van der Waals surface area contributed by atoms with Gasteiger partial charge in [0.2, 0.25) is 0 Å². The predicted molar refractivity (Wildman–Crippen MR) is 116 cm³/mol. The molecule has 5 rings (SSSR count). The fraction of sp³-hybridized carbons (Fsp3) is 0.577. The maximum Gasteiger partial charge on any atom is 0.265 e. The molecule has 3 aliphatic rings. The van der Waals surface area contributed by atoms with Crippen molar-refractivity contribution in [1.29, 1.82) is 0 Å². The van der Waals surface area contributed by atoms with E-state index in [2.05, 4.69) is 59.4 Å². The Morgan fingerprint density at radius 2 is 1.61 bits per heavy atom. The molecule has 0 spiro atoms. The topological polar surface area (TPSA) is 8.81 Å². The molecule has 1 unspecified atom stereocenters. The average molecular weight is 377 g/mol. The molecular formula is C26H35N2+. The maximum absolute atomic E-state index is 9.71. The summed E-state index contributed by atoms with van der Waals surface area (Å²) in [6.45, 7) is 4.49. The number of nitrogens with zero attached hydrogens (tertiary/aromatic N) is 2. The minimum Gasteiger partial charge on any atom is -0.220 e. The summed E-state index contributed by atoms with van der Waals surface area (Å²) in [5, 5.41) is 0. The lowest BCUT2D eigenvalue weighted by Crippen LogP contribution is -2.46. The molecule has 0 amide bonds. The molecule has 1 atom stereocenters. The molecular weight excluding hydrogens is 340 g/mol. The van der Waals surface area contributed by atoms with E-state index in [-0.39, 0.29) is 0 Å². The molecule has 148 valence electrons. The van der Waals surface area contributed by atoms with Gasteiger partial charge in [-0.1, -0.05) is 56.7 Å². The third kappa shape index (κ3) is 2.96. The van der Waals surface area contributed by atoms with Crippen LogP contribution in [0.25, 0.3) is 11.8 Å². The molecule has 1 aromatic carbocycles. The van der Waals surface area contributed by atoms with E-state index in [9.17, 15) is 1.37 Å². The van der Waals surface area contributed by atoms with Crippen molar-refractivity contribution in [2.45, 2.75) is 90.0 Å². The highest BCUT2D eigenvalue weighted by Gasteiger charge is 2.42. The number of aromatic nitrogens is 2. The van der Waals surface area contributed by atoms with Gasteiger partial charge in [0.05, 0.1) is 7.29 Å². The first-order chi connectivity index (χ1) is 14.1. The van der Waals surface area contributed by atoms with Crippen molar-refractivity contribution in [1.82, 2.24) is 4.57 Å². The van der Waals surface area contributed by atoms with Gasteiger partial charge in [-0.25, -0.2) is 4.57 Å². The minimum atomic E-state index is -0.610. The van der Waals surface area contributed by atoms with Gasteiger partial charge in [-0.3, -0.25) is 0 Å². The fourth-order valence-corrected chi connectivity index (χ4v) is 5.94. The van der Waals surface area contributed by atoms with Crippen LogP contribution in [0.2, 0.25) is 0 Å². The molecule has 2 heterocycles. The summed E-state index contributed by atoms with van der Waals surface area (Å²) in [4.78, 5) is 0. The van der Waals surface area contributed by atoms with Crippen LogP contribution in [0.4, 0.5) is 0 Å². The Balaban J connectivity index is 1.73. The molecule has 1 aromatic heterocycles. The van der Waals surface area contributed by atoms with Crippen LogP contribution in [-0.2, 0) is 0 Å². The second-order valence-corrected chi connectivity index (χ2v) is 9.21. The second kappa shape index (κ2) is 7.54.